The van der Waals surface area contributed by atoms with Gasteiger partial charge in [-0.15, -0.1) is 0 Å². The summed E-state index contributed by atoms with van der Waals surface area (Å²) >= 11 is 0. The Morgan fingerprint density at radius 1 is 1.45 bits per heavy atom. The number of carbonyl (C=O) groups is 1. The highest BCUT2D eigenvalue weighted by Gasteiger charge is 2.27. The van der Waals surface area contributed by atoms with E-state index in [2.05, 4.69) is 10.1 Å². The Morgan fingerprint density at radius 3 is 2.95 bits per heavy atom. The summed E-state index contributed by atoms with van der Waals surface area (Å²) in [5.41, 5.74) is 8.71. The molecule has 1 aliphatic heterocycles. The van der Waals surface area contributed by atoms with Crippen molar-refractivity contribution in [2.24, 2.45) is 7.05 Å². The molecule has 0 spiro atoms. The molecule has 7 heteroatoms. The molecule has 1 amide bonds. The van der Waals surface area contributed by atoms with E-state index in [1.165, 1.54) is 0 Å². The van der Waals surface area contributed by atoms with Crippen molar-refractivity contribution in [2.75, 3.05) is 25.4 Å². The van der Waals surface area contributed by atoms with Crippen molar-refractivity contribution in [3.63, 3.8) is 0 Å². The second kappa shape index (κ2) is 5.76. The summed E-state index contributed by atoms with van der Waals surface area (Å²) in [6, 6.07) is 3.61. The zero-order valence-electron chi connectivity index (χ0n) is 12.7. The minimum absolute atomic E-state index is 0.0398. The highest BCUT2D eigenvalue weighted by atomic mass is 16.5. The lowest BCUT2D eigenvalue weighted by atomic mass is 10.1. The maximum atomic E-state index is 12.5. The van der Waals surface area contributed by atoms with Crippen molar-refractivity contribution in [3.8, 4) is 0 Å². The molecule has 0 bridgehead atoms. The lowest BCUT2D eigenvalue weighted by molar-refractivity contribution is -0.0247. The lowest BCUT2D eigenvalue weighted by Crippen LogP contribution is -2.42. The highest BCUT2D eigenvalue weighted by Crippen LogP contribution is 2.23. The van der Waals surface area contributed by atoms with Gasteiger partial charge in [-0.1, -0.05) is 0 Å². The number of ether oxygens (including phenoxy) is 1. The van der Waals surface area contributed by atoms with Crippen LogP contribution in [0, 0.1) is 6.92 Å². The number of aryl methyl sites for hydroxylation is 2. The fourth-order valence-electron chi connectivity index (χ4n) is 2.61. The van der Waals surface area contributed by atoms with Crippen LogP contribution < -0.4 is 5.73 Å². The molecule has 0 unspecified atom stereocenters. The van der Waals surface area contributed by atoms with Crippen molar-refractivity contribution < 1.29 is 9.53 Å². The van der Waals surface area contributed by atoms with Gasteiger partial charge in [-0.25, -0.2) is 0 Å². The molecule has 116 valence electrons. The molecule has 2 aromatic rings. The second-order valence-electron chi connectivity index (χ2n) is 5.48. The molecule has 3 rings (SSSR count). The van der Waals surface area contributed by atoms with Crippen LogP contribution >= 0.6 is 0 Å². The van der Waals surface area contributed by atoms with E-state index in [0.29, 0.717) is 30.9 Å². The number of nitrogens with two attached hydrogens (primary N) is 1. The summed E-state index contributed by atoms with van der Waals surface area (Å²) in [6.45, 7) is 3.39. The Morgan fingerprint density at radius 2 is 2.27 bits per heavy atom. The topological polar surface area (TPSA) is 86.3 Å². The molecular formula is C15H19N5O2. The standard InChI is InChI=1S/C15H19N5O2/c1-10-5-12(16)6-13(18-10)14-9-20(3-4-22-14)15(21)11-7-17-19(2)8-11/h5-8,14H,3-4,9H2,1-2H3,(H2,16,18)/t14-/m1/s1. The summed E-state index contributed by atoms with van der Waals surface area (Å²) in [6.07, 6.45) is 3.04. The summed E-state index contributed by atoms with van der Waals surface area (Å²) in [7, 11) is 1.79. The molecule has 0 saturated carbocycles. The minimum Gasteiger partial charge on any atom is -0.399 e. The number of morpholine rings is 1. The van der Waals surface area contributed by atoms with Gasteiger partial charge >= 0.3 is 0 Å². The van der Waals surface area contributed by atoms with Crippen LogP contribution in [0.4, 0.5) is 5.69 Å². The SMILES string of the molecule is Cc1cc(N)cc([C@H]2CN(C(=O)c3cnn(C)c3)CCO2)n1. The molecule has 0 aliphatic carbocycles. The van der Waals surface area contributed by atoms with Crippen molar-refractivity contribution in [2.45, 2.75) is 13.0 Å². The van der Waals surface area contributed by atoms with E-state index in [4.69, 9.17) is 10.5 Å². The van der Waals surface area contributed by atoms with Gasteiger partial charge in [0.2, 0.25) is 0 Å². The van der Waals surface area contributed by atoms with E-state index in [1.807, 2.05) is 13.0 Å². The van der Waals surface area contributed by atoms with Gasteiger partial charge in [0.1, 0.15) is 6.10 Å². The molecule has 1 saturated heterocycles. The number of amides is 1. The number of nitrogen functional groups attached to an aromatic ring is 1. The number of pyridine rings is 1. The molecule has 7 nitrogen and oxygen atoms in total. The van der Waals surface area contributed by atoms with E-state index in [9.17, 15) is 4.79 Å². The molecule has 22 heavy (non-hydrogen) atoms. The number of anilines is 1. The first kappa shape index (κ1) is 14.5. The van der Waals surface area contributed by atoms with Gasteiger partial charge in [0.15, 0.2) is 0 Å². The Balaban J connectivity index is 1.78. The quantitative estimate of drug-likeness (QED) is 0.891. The van der Waals surface area contributed by atoms with Crippen LogP contribution in [0.5, 0.6) is 0 Å². The summed E-state index contributed by atoms with van der Waals surface area (Å²) in [5, 5.41) is 4.04. The fourth-order valence-corrected chi connectivity index (χ4v) is 2.61. The van der Waals surface area contributed by atoms with Crippen LogP contribution in [0.3, 0.4) is 0 Å². The van der Waals surface area contributed by atoms with Crippen LogP contribution in [-0.4, -0.2) is 45.3 Å². The van der Waals surface area contributed by atoms with Crippen LogP contribution in [-0.2, 0) is 11.8 Å². The average molecular weight is 301 g/mol. The molecule has 2 aromatic heterocycles. The van der Waals surface area contributed by atoms with E-state index >= 15 is 0 Å². The molecule has 1 atom stereocenters. The number of hydrogen-bond donors (Lipinski definition) is 1. The maximum Gasteiger partial charge on any atom is 0.257 e. The highest BCUT2D eigenvalue weighted by molar-refractivity contribution is 5.93. The summed E-state index contributed by atoms with van der Waals surface area (Å²) in [4.78, 5) is 18.7. The first-order valence-corrected chi connectivity index (χ1v) is 7.16. The van der Waals surface area contributed by atoms with Crippen molar-refractivity contribution in [1.29, 1.82) is 0 Å². The van der Waals surface area contributed by atoms with Gasteiger partial charge in [-0.05, 0) is 19.1 Å². The lowest BCUT2D eigenvalue weighted by Gasteiger charge is -2.32. The molecule has 3 heterocycles. The maximum absolute atomic E-state index is 12.5. The third-order valence-corrected chi connectivity index (χ3v) is 3.63. The van der Waals surface area contributed by atoms with E-state index in [-0.39, 0.29) is 12.0 Å². The first-order valence-electron chi connectivity index (χ1n) is 7.16. The summed E-state index contributed by atoms with van der Waals surface area (Å²) in [5.74, 6) is -0.0398. The van der Waals surface area contributed by atoms with Crippen molar-refractivity contribution in [3.05, 3.63) is 41.5 Å². The van der Waals surface area contributed by atoms with Gasteiger partial charge in [-0.2, -0.15) is 5.10 Å². The Bertz CT molecular complexity index is 677. The first-order chi connectivity index (χ1) is 10.5. The molecule has 1 fully saturated rings. The number of aromatic nitrogens is 3. The predicted octanol–water partition coefficient (Wildman–Crippen LogP) is 0.919. The number of nitrogens with zero attached hydrogens (tertiary/aromatic N) is 4. The predicted molar refractivity (Wildman–Crippen MR) is 81.2 cm³/mol. The smallest absolute Gasteiger partial charge is 0.257 e. The monoisotopic (exact) mass is 301 g/mol. The number of hydrogen-bond acceptors (Lipinski definition) is 5. The third-order valence-electron chi connectivity index (χ3n) is 3.63. The zero-order chi connectivity index (χ0) is 15.7. The zero-order valence-corrected chi connectivity index (χ0v) is 12.7. The van der Waals surface area contributed by atoms with Gasteiger partial charge in [0.05, 0.1) is 30.6 Å². The molecule has 0 radical (unpaired) electrons. The van der Waals surface area contributed by atoms with E-state index < -0.39 is 0 Å². The van der Waals surface area contributed by atoms with Gasteiger partial charge in [0, 0.05) is 31.2 Å². The minimum atomic E-state index is -0.253. The van der Waals surface area contributed by atoms with Crippen molar-refractivity contribution >= 4 is 11.6 Å². The number of carbonyl (C=O) groups excluding carboxylic acids is 1. The van der Waals surface area contributed by atoms with Crippen LogP contribution in [0.1, 0.15) is 27.8 Å². The number of rotatable bonds is 2. The van der Waals surface area contributed by atoms with E-state index in [1.54, 1.807) is 35.1 Å². The molecule has 1 aliphatic rings. The normalized spacial score (nSPS) is 18.5. The van der Waals surface area contributed by atoms with E-state index in [0.717, 1.165) is 11.4 Å². The van der Waals surface area contributed by atoms with Crippen LogP contribution in [0.25, 0.3) is 0 Å². The fraction of sp³-hybridized carbons (Fsp3) is 0.400. The third kappa shape index (κ3) is 2.94. The van der Waals surface area contributed by atoms with Gasteiger partial charge < -0.3 is 15.4 Å². The second-order valence-corrected chi connectivity index (χ2v) is 5.48. The largest absolute Gasteiger partial charge is 0.399 e. The van der Waals surface area contributed by atoms with Crippen molar-refractivity contribution in [1.82, 2.24) is 19.7 Å². The van der Waals surface area contributed by atoms with Gasteiger partial charge in [-0.3, -0.25) is 14.5 Å². The van der Waals surface area contributed by atoms with Crippen LogP contribution in [0.15, 0.2) is 24.5 Å². The van der Waals surface area contributed by atoms with Gasteiger partial charge in [0.25, 0.3) is 5.91 Å². The summed E-state index contributed by atoms with van der Waals surface area (Å²) < 4.78 is 7.38. The Labute approximate surface area is 128 Å². The van der Waals surface area contributed by atoms with Crippen LogP contribution in [0.2, 0.25) is 0 Å². The molecular weight excluding hydrogens is 282 g/mol. The Kier molecular flexibility index (Phi) is 3.81. The molecule has 0 aromatic carbocycles. The average Bonchev–Trinajstić information content (AvgIpc) is 2.92. The Hall–Kier alpha value is -2.41. The molecule has 2 N–H and O–H groups in total.